The first-order valence-corrected chi connectivity index (χ1v) is 7.76. The summed E-state index contributed by atoms with van der Waals surface area (Å²) in [6.45, 7) is 2.50. The van der Waals surface area contributed by atoms with Crippen molar-refractivity contribution in [3.05, 3.63) is 52.2 Å². The van der Waals surface area contributed by atoms with Crippen molar-refractivity contribution in [2.45, 2.75) is 19.8 Å². The van der Waals surface area contributed by atoms with Crippen LogP contribution in [0.5, 0.6) is 0 Å². The van der Waals surface area contributed by atoms with Crippen LogP contribution in [-0.2, 0) is 4.79 Å². The Labute approximate surface area is 128 Å². The highest BCUT2D eigenvalue weighted by Gasteiger charge is 2.06. The Morgan fingerprint density at radius 3 is 2.57 bits per heavy atom. The zero-order valence-electron chi connectivity index (χ0n) is 11.9. The van der Waals surface area contributed by atoms with Crippen LogP contribution < -0.4 is 10.6 Å². The molecule has 5 heteroatoms. The van der Waals surface area contributed by atoms with Crippen molar-refractivity contribution >= 4 is 28.8 Å². The van der Waals surface area contributed by atoms with Gasteiger partial charge >= 0.3 is 0 Å². The fourth-order valence-corrected chi connectivity index (χ4v) is 2.44. The lowest BCUT2D eigenvalue weighted by Crippen LogP contribution is -2.25. The first-order chi connectivity index (χ1) is 10.1. The maximum Gasteiger partial charge on any atom is 0.252 e. The lowest BCUT2D eigenvalue weighted by molar-refractivity contribution is -0.116. The second kappa shape index (κ2) is 7.59. The molecule has 0 unspecified atom stereocenters. The number of carbonyl (C=O) groups is 2. The van der Waals surface area contributed by atoms with Crippen molar-refractivity contribution in [1.82, 2.24) is 5.32 Å². The number of amides is 2. The molecular formula is C16H18N2O2S. The number of carbonyl (C=O) groups excluding carboxylic acids is 2. The maximum absolute atomic E-state index is 11.7. The lowest BCUT2D eigenvalue weighted by atomic mass is 10.2. The van der Waals surface area contributed by atoms with Crippen LogP contribution in [0.25, 0.3) is 0 Å². The van der Waals surface area contributed by atoms with Gasteiger partial charge in [-0.1, -0.05) is 17.7 Å². The number of aryl methyl sites for hydroxylation is 1. The van der Waals surface area contributed by atoms with Gasteiger partial charge in [0.15, 0.2) is 0 Å². The molecule has 0 saturated carbocycles. The van der Waals surface area contributed by atoms with Crippen molar-refractivity contribution in [3.8, 4) is 0 Å². The first-order valence-electron chi connectivity index (χ1n) is 6.82. The number of rotatable bonds is 6. The topological polar surface area (TPSA) is 58.2 Å². The molecule has 0 bridgehead atoms. The van der Waals surface area contributed by atoms with Crippen LogP contribution >= 0.6 is 11.3 Å². The second-order valence-corrected chi connectivity index (χ2v) is 5.57. The Hall–Kier alpha value is -2.14. The maximum atomic E-state index is 11.7. The van der Waals surface area contributed by atoms with Crippen LogP contribution in [0, 0.1) is 6.92 Å². The summed E-state index contributed by atoms with van der Waals surface area (Å²) in [5, 5.41) is 9.30. The minimum Gasteiger partial charge on any atom is -0.352 e. The Bertz CT molecular complexity index is 591. The smallest absolute Gasteiger partial charge is 0.252 e. The Kier molecular flexibility index (Phi) is 5.51. The first kappa shape index (κ1) is 15.3. The fraction of sp³-hybridized carbons (Fsp3) is 0.250. The van der Waals surface area contributed by atoms with Crippen LogP contribution in [0.1, 0.15) is 28.8 Å². The number of nitrogens with one attached hydrogen (secondary N) is 2. The molecule has 0 aliphatic heterocycles. The van der Waals surface area contributed by atoms with Crippen LogP contribution in [-0.4, -0.2) is 18.4 Å². The highest BCUT2D eigenvalue weighted by molar-refractivity contribution is 7.08. The molecule has 2 rings (SSSR count). The predicted octanol–water partition coefficient (Wildman–Crippen LogP) is 3.21. The third-order valence-corrected chi connectivity index (χ3v) is 3.67. The van der Waals surface area contributed by atoms with E-state index in [0.717, 1.165) is 11.3 Å². The predicted molar refractivity (Wildman–Crippen MR) is 85.7 cm³/mol. The summed E-state index contributed by atoms with van der Waals surface area (Å²) in [4.78, 5) is 23.4. The number of anilines is 1. The van der Waals surface area contributed by atoms with Gasteiger partial charge < -0.3 is 10.6 Å². The standard InChI is InChI=1S/C16H18N2O2S/c1-12-4-6-14(7-5-12)18-15(19)3-2-9-17-16(20)13-8-10-21-11-13/h4-8,10-11H,2-3,9H2,1H3,(H,17,20)(H,18,19). The number of hydrogen-bond acceptors (Lipinski definition) is 3. The quantitative estimate of drug-likeness (QED) is 0.805. The molecule has 0 saturated heterocycles. The van der Waals surface area contributed by atoms with E-state index in [0.29, 0.717) is 24.9 Å². The third kappa shape index (κ3) is 5.04. The van der Waals surface area contributed by atoms with Crippen molar-refractivity contribution in [1.29, 1.82) is 0 Å². The van der Waals surface area contributed by atoms with E-state index in [1.165, 1.54) is 11.3 Å². The zero-order chi connectivity index (χ0) is 15.1. The number of thiophene rings is 1. The molecule has 110 valence electrons. The van der Waals surface area contributed by atoms with Gasteiger partial charge in [-0.3, -0.25) is 9.59 Å². The van der Waals surface area contributed by atoms with Crippen LogP contribution in [0.3, 0.4) is 0 Å². The zero-order valence-corrected chi connectivity index (χ0v) is 12.7. The van der Waals surface area contributed by atoms with Crippen molar-refractivity contribution < 1.29 is 9.59 Å². The van der Waals surface area contributed by atoms with Crippen LogP contribution in [0.2, 0.25) is 0 Å². The minimum atomic E-state index is -0.0878. The molecule has 0 radical (unpaired) electrons. The van der Waals surface area contributed by atoms with E-state index >= 15 is 0 Å². The molecule has 1 aromatic heterocycles. The summed E-state index contributed by atoms with van der Waals surface area (Å²) in [6.07, 6.45) is 1.01. The Morgan fingerprint density at radius 2 is 1.90 bits per heavy atom. The van der Waals surface area contributed by atoms with Gasteiger partial charge in [-0.2, -0.15) is 11.3 Å². The summed E-state index contributed by atoms with van der Waals surface area (Å²) in [6, 6.07) is 9.45. The largest absolute Gasteiger partial charge is 0.352 e. The molecular weight excluding hydrogens is 284 g/mol. The molecule has 1 aromatic carbocycles. The summed E-state index contributed by atoms with van der Waals surface area (Å²) in [7, 11) is 0. The number of benzene rings is 1. The average Bonchev–Trinajstić information content (AvgIpc) is 3.00. The molecule has 2 N–H and O–H groups in total. The van der Waals surface area contributed by atoms with Gasteiger partial charge in [0.05, 0.1) is 0 Å². The normalized spacial score (nSPS) is 10.1. The van der Waals surface area contributed by atoms with E-state index in [-0.39, 0.29) is 11.8 Å². The van der Waals surface area contributed by atoms with Gasteiger partial charge in [0.1, 0.15) is 0 Å². The summed E-state index contributed by atoms with van der Waals surface area (Å²) < 4.78 is 0. The molecule has 0 atom stereocenters. The van der Waals surface area contributed by atoms with E-state index in [1.54, 1.807) is 11.4 Å². The van der Waals surface area contributed by atoms with Gasteiger partial charge in [0, 0.05) is 29.6 Å². The molecule has 21 heavy (non-hydrogen) atoms. The second-order valence-electron chi connectivity index (χ2n) is 4.79. The van der Waals surface area contributed by atoms with Gasteiger partial charge in [0.25, 0.3) is 5.91 Å². The molecule has 0 spiro atoms. The Morgan fingerprint density at radius 1 is 1.14 bits per heavy atom. The molecule has 1 heterocycles. The van der Waals surface area contributed by atoms with Crippen molar-refractivity contribution in [2.24, 2.45) is 0 Å². The van der Waals surface area contributed by atoms with Gasteiger partial charge in [0.2, 0.25) is 5.91 Å². The Balaban J connectivity index is 1.65. The fourth-order valence-electron chi connectivity index (χ4n) is 1.81. The average molecular weight is 302 g/mol. The highest BCUT2D eigenvalue weighted by atomic mass is 32.1. The van der Waals surface area contributed by atoms with E-state index in [4.69, 9.17) is 0 Å². The van der Waals surface area contributed by atoms with Crippen LogP contribution in [0.4, 0.5) is 5.69 Å². The molecule has 2 aromatic rings. The third-order valence-electron chi connectivity index (χ3n) is 2.98. The summed E-state index contributed by atoms with van der Waals surface area (Å²) in [5.74, 6) is -0.126. The van der Waals surface area contributed by atoms with E-state index < -0.39 is 0 Å². The SMILES string of the molecule is Cc1ccc(NC(=O)CCCNC(=O)c2ccsc2)cc1. The van der Waals surface area contributed by atoms with E-state index in [9.17, 15) is 9.59 Å². The minimum absolute atomic E-state index is 0.0383. The number of hydrogen-bond donors (Lipinski definition) is 2. The molecule has 0 aliphatic rings. The monoisotopic (exact) mass is 302 g/mol. The van der Waals surface area contributed by atoms with Gasteiger partial charge in [-0.15, -0.1) is 0 Å². The highest BCUT2D eigenvalue weighted by Crippen LogP contribution is 2.09. The van der Waals surface area contributed by atoms with E-state index in [1.807, 2.05) is 36.6 Å². The van der Waals surface area contributed by atoms with Gasteiger partial charge in [-0.25, -0.2) is 0 Å². The summed E-state index contributed by atoms with van der Waals surface area (Å²) in [5.41, 5.74) is 2.63. The van der Waals surface area contributed by atoms with Crippen molar-refractivity contribution in [3.63, 3.8) is 0 Å². The molecule has 0 fully saturated rings. The molecule has 2 amide bonds. The van der Waals surface area contributed by atoms with Crippen LogP contribution in [0.15, 0.2) is 41.1 Å². The van der Waals surface area contributed by atoms with Gasteiger partial charge in [-0.05, 0) is 36.9 Å². The van der Waals surface area contributed by atoms with Crippen molar-refractivity contribution in [2.75, 3.05) is 11.9 Å². The molecule has 4 nitrogen and oxygen atoms in total. The molecule has 0 aliphatic carbocycles. The van der Waals surface area contributed by atoms with E-state index in [2.05, 4.69) is 10.6 Å². The summed E-state index contributed by atoms with van der Waals surface area (Å²) >= 11 is 1.49. The lowest BCUT2D eigenvalue weighted by Gasteiger charge is -2.06.